The van der Waals surface area contributed by atoms with Crippen molar-refractivity contribution in [3.8, 4) is 0 Å². The number of unbranched alkanes of at least 4 members (excludes halogenated alkanes) is 2. The van der Waals surface area contributed by atoms with E-state index in [1.54, 1.807) is 0 Å². The Morgan fingerprint density at radius 1 is 0.800 bits per heavy atom. The first-order chi connectivity index (χ1) is 14.5. The fourth-order valence-electron chi connectivity index (χ4n) is 5.38. The Labute approximate surface area is 189 Å². The highest BCUT2D eigenvalue weighted by Crippen LogP contribution is 2.25. The van der Waals surface area contributed by atoms with Crippen molar-refractivity contribution in [3.05, 3.63) is 0 Å². The molecule has 3 nitrogen and oxygen atoms in total. The molecule has 3 atom stereocenters. The molecule has 0 saturated carbocycles. The van der Waals surface area contributed by atoms with Gasteiger partial charge in [-0.2, -0.15) is 0 Å². The third-order valence-corrected chi connectivity index (χ3v) is 7.33. The quantitative estimate of drug-likeness (QED) is 0.261. The molecule has 1 rings (SSSR count). The number of hydrogen-bond donors (Lipinski definition) is 0. The summed E-state index contributed by atoms with van der Waals surface area (Å²) in [6, 6.07) is 1.07. The molecule has 1 aliphatic heterocycles. The maximum Gasteiger partial charge on any atom is 0.222 e. The Morgan fingerprint density at radius 2 is 1.33 bits per heavy atom. The molecule has 178 valence electrons. The minimum Gasteiger partial charge on any atom is -0.340 e. The summed E-state index contributed by atoms with van der Waals surface area (Å²) in [4.78, 5) is 18.0. The lowest BCUT2D eigenvalue weighted by molar-refractivity contribution is -0.136. The van der Waals surface area contributed by atoms with Crippen LogP contribution in [0.25, 0.3) is 0 Å². The summed E-state index contributed by atoms with van der Waals surface area (Å²) in [6.07, 6.45) is 15.9. The molecule has 0 spiro atoms. The third-order valence-electron chi connectivity index (χ3n) is 7.33. The van der Waals surface area contributed by atoms with Crippen molar-refractivity contribution in [1.29, 1.82) is 0 Å². The van der Waals surface area contributed by atoms with Gasteiger partial charge in [0.15, 0.2) is 0 Å². The number of hydrogen-bond acceptors (Lipinski definition) is 2. The standard InChI is InChI=1S/C27H54N2O/c1-7-12-16-24(17-13-8-2)18-14-19-27(30)28-21-25(10-4)29(26(11-5)22-28)20-23(6)15-9-3/h23-26H,7-22H2,1-6H3/t23?,25-,26+. The van der Waals surface area contributed by atoms with E-state index < -0.39 is 0 Å². The van der Waals surface area contributed by atoms with Crippen LogP contribution in [0.15, 0.2) is 0 Å². The Balaban J connectivity index is 2.57. The van der Waals surface area contributed by atoms with Gasteiger partial charge in [-0.05, 0) is 43.9 Å². The van der Waals surface area contributed by atoms with Gasteiger partial charge in [0.25, 0.3) is 0 Å². The lowest BCUT2D eigenvalue weighted by Gasteiger charge is -2.47. The van der Waals surface area contributed by atoms with Crippen LogP contribution in [-0.4, -0.2) is 47.4 Å². The topological polar surface area (TPSA) is 23.6 Å². The number of rotatable bonds is 16. The molecule has 1 unspecified atom stereocenters. The van der Waals surface area contributed by atoms with Crippen molar-refractivity contribution in [2.75, 3.05) is 19.6 Å². The Kier molecular flexibility index (Phi) is 14.8. The van der Waals surface area contributed by atoms with E-state index in [9.17, 15) is 4.79 Å². The number of nitrogens with zero attached hydrogens (tertiary/aromatic N) is 2. The smallest absolute Gasteiger partial charge is 0.222 e. The number of piperazine rings is 1. The zero-order chi connectivity index (χ0) is 22.4. The minimum absolute atomic E-state index is 0.415. The molecule has 1 heterocycles. The summed E-state index contributed by atoms with van der Waals surface area (Å²) < 4.78 is 0. The van der Waals surface area contributed by atoms with Crippen LogP contribution in [0.1, 0.15) is 125 Å². The van der Waals surface area contributed by atoms with E-state index in [0.717, 1.165) is 50.6 Å². The van der Waals surface area contributed by atoms with Gasteiger partial charge in [-0.1, -0.05) is 86.5 Å². The first kappa shape index (κ1) is 27.5. The van der Waals surface area contributed by atoms with Gasteiger partial charge in [-0.15, -0.1) is 0 Å². The fourth-order valence-corrected chi connectivity index (χ4v) is 5.38. The molecular weight excluding hydrogens is 368 g/mol. The predicted molar refractivity (Wildman–Crippen MR) is 132 cm³/mol. The molecule has 0 bridgehead atoms. The van der Waals surface area contributed by atoms with E-state index in [-0.39, 0.29) is 0 Å². The first-order valence-corrected chi connectivity index (χ1v) is 13.5. The highest BCUT2D eigenvalue weighted by atomic mass is 16.2. The van der Waals surface area contributed by atoms with E-state index in [0.29, 0.717) is 18.0 Å². The van der Waals surface area contributed by atoms with Crippen molar-refractivity contribution >= 4 is 5.91 Å². The molecule has 1 saturated heterocycles. The predicted octanol–water partition coefficient (Wildman–Crippen LogP) is 7.29. The van der Waals surface area contributed by atoms with Crippen LogP contribution >= 0.6 is 0 Å². The zero-order valence-corrected chi connectivity index (χ0v) is 21.4. The van der Waals surface area contributed by atoms with Crippen molar-refractivity contribution in [2.45, 2.75) is 137 Å². The average Bonchev–Trinajstić information content (AvgIpc) is 2.75. The molecule has 0 aliphatic carbocycles. The average molecular weight is 423 g/mol. The summed E-state index contributed by atoms with van der Waals surface area (Å²) in [5.74, 6) is 2.00. The summed E-state index contributed by atoms with van der Waals surface area (Å²) in [5.41, 5.74) is 0. The van der Waals surface area contributed by atoms with E-state index in [1.807, 2.05) is 0 Å². The van der Waals surface area contributed by atoms with Crippen LogP contribution in [0.5, 0.6) is 0 Å². The Morgan fingerprint density at radius 3 is 1.80 bits per heavy atom. The molecule has 0 aromatic carbocycles. The Bertz CT molecular complexity index is 417. The largest absolute Gasteiger partial charge is 0.340 e. The van der Waals surface area contributed by atoms with Gasteiger partial charge in [0.1, 0.15) is 0 Å². The normalized spacial score (nSPS) is 21.4. The van der Waals surface area contributed by atoms with Gasteiger partial charge in [0.05, 0.1) is 0 Å². The maximum absolute atomic E-state index is 13.1. The summed E-state index contributed by atoms with van der Waals surface area (Å²) in [6.45, 7) is 17.0. The number of carbonyl (C=O) groups excluding carboxylic acids is 1. The zero-order valence-electron chi connectivity index (χ0n) is 21.4. The first-order valence-electron chi connectivity index (χ1n) is 13.5. The number of amides is 1. The molecule has 0 aromatic rings. The van der Waals surface area contributed by atoms with Crippen molar-refractivity contribution in [1.82, 2.24) is 9.80 Å². The Hall–Kier alpha value is -0.570. The van der Waals surface area contributed by atoms with E-state index in [1.165, 1.54) is 64.3 Å². The van der Waals surface area contributed by atoms with E-state index in [4.69, 9.17) is 0 Å². The molecule has 0 radical (unpaired) electrons. The van der Waals surface area contributed by atoms with Gasteiger partial charge in [0.2, 0.25) is 5.91 Å². The second-order valence-electron chi connectivity index (χ2n) is 10.1. The molecular formula is C27H54N2O. The SMILES string of the molecule is CCCCC(CCCC)CCCC(=O)N1C[C@@H](CC)N(CC(C)CCC)[C@@H](CC)C1. The fraction of sp³-hybridized carbons (Fsp3) is 0.963. The minimum atomic E-state index is 0.415. The lowest BCUT2D eigenvalue weighted by atomic mass is 9.91. The second-order valence-corrected chi connectivity index (χ2v) is 10.1. The van der Waals surface area contributed by atoms with Crippen molar-refractivity contribution in [2.24, 2.45) is 11.8 Å². The van der Waals surface area contributed by atoms with Crippen molar-refractivity contribution in [3.63, 3.8) is 0 Å². The van der Waals surface area contributed by atoms with Gasteiger partial charge >= 0.3 is 0 Å². The molecule has 3 heteroatoms. The van der Waals surface area contributed by atoms with Gasteiger partial charge in [0, 0.05) is 38.1 Å². The van der Waals surface area contributed by atoms with Crippen LogP contribution in [0.3, 0.4) is 0 Å². The molecule has 0 aromatic heterocycles. The maximum atomic E-state index is 13.1. The van der Waals surface area contributed by atoms with Crippen LogP contribution in [0.4, 0.5) is 0 Å². The molecule has 1 aliphatic rings. The van der Waals surface area contributed by atoms with Crippen LogP contribution in [-0.2, 0) is 4.79 Å². The van der Waals surface area contributed by atoms with Gasteiger partial charge in [-0.25, -0.2) is 0 Å². The van der Waals surface area contributed by atoms with E-state index in [2.05, 4.69) is 51.3 Å². The summed E-state index contributed by atoms with van der Waals surface area (Å²) >= 11 is 0. The third kappa shape index (κ3) is 9.71. The number of carbonyl (C=O) groups is 1. The molecule has 30 heavy (non-hydrogen) atoms. The van der Waals surface area contributed by atoms with Crippen LogP contribution < -0.4 is 0 Å². The van der Waals surface area contributed by atoms with E-state index >= 15 is 0 Å². The summed E-state index contributed by atoms with van der Waals surface area (Å²) in [5, 5.41) is 0. The molecule has 0 N–H and O–H groups in total. The van der Waals surface area contributed by atoms with Crippen LogP contribution in [0, 0.1) is 11.8 Å². The molecule has 1 amide bonds. The molecule has 1 fully saturated rings. The lowest BCUT2D eigenvalue weighted by Crippen LogP contribution is -2.60. The van der Waals surface area contributed by atoms with Gasteiger partial charge in [-0.3, -0.25) is 9.69 Å². The summed E-state index contributed by atoms with van der Waals surface area (Å²) in [7, 11) is 0. The van der Waals surface area contributed by atoms with Crippen molar-refractivity contribution < 1.29 is 4.79 Å². The highest BCUT2D eigenvalue weighted by Gasteiger charge is 2.34. The van der Waals surface area contributed by atoms with Crippen LogP contribution in [0.2, 0.25) is 0 Å². The monoisotopic (exact) mass is 422 g/mol. The highest BCUT2D eigenvalue weighted by molar-refractivity contribution is 5.76. The van der Waals surface area contributed by atoms with Gasteiger partial charge < -0.3 is 4.90 Å². The second kappa shape index (κ2) is 16.1.